The number of amides is 1. The Kier molecular flexibility index (Phi) is 4.77. The van der Waals surface area contributed by atoms with Crippen molar-refractivity contribution in [2.24, 2.45) is 0 Å². The van der Waals surface area contributed by atoms with Gasteiger partial charge >= 0.3 is 0 Å². The number of nitrogens with zero attached hydrogens (tertiary/aromatic N) is 3. The van der Waals surface area contributed by atoms with E-state index in [2.05, 4.69) is 5.10 Å². The van der Waals surface area contributed by atoms with Crippen LogP contribution in [0, 0.1) is 6.92 Å². The summed E-state index contributed by atoms with van der Waals surface area (Å²) < 4.78 is 25.2. The molecule has 1 atom stereocenters. The number of carbonyl (C=O) groups excluding carboxylic acids is 1. The number of sulfone groups is 1. The molecule has 144 valence electrons. The van der Waals surface area contributed by atoms with Crippen molar-refractivity contribution in [3.63, 3.8) is 0 Å². The number of carbonyl (C=O) groups is 1. The van der Waals surface area contributed by atoms with Crippen molar-refractivity contribution in [3.05, 3.63) is 47.8 Å². The second-order valence-electron chi connectivity index (χ2n) is 7.48. The van der Waals surface area contributed by atoms with Gasteiger partial charge in [0.1, 0.15) is 11.8 Å². The number of piperazine rings is 1. The van der Waals surface area contributed by atoms with Gasteiger partial charge in [0.2, 0.25) is 0 Å². The molecule has 0 aliphatic carbocycles. The third-order valence-corrected chi connectivity index (χ3v) is 7.46. The van der Waals surface area contributed by atoms with Crippen LogP contribution in [-0.2, 0) is 9.84 Å². The van der Waals surface area contributed by atoms with E-state index in [9.17, 15) is 13.2 Å². The number of aryl methyl sites for hydroxylation is 1. The van der Waals surface area contributed by atoms with Crippen LogP contribution in [0.2, 0.25) is 0 Å². The van der Waals surface area contributed by atoms with Crippen molar-refractivity contribution in [1.82, 2.24) is 14.7 Å². The standard InChI is InChI=1S/C19H24N4O3S/c1-15-6-8-20-23(15)17-4-2-16(3-5-17)19(24)22-11-9-21(10-12-22)18-7-13-27(25,26)14-18/h2-6,8,18H,7,9-14H2,1H3/p+1/t18-/m0/s1. The first kappa shape index (κ1) is 18.2. The van der Waals surface area contributed by atoms with Crippen molar-refractivity contribution in [2.75, 3.05) is 37.7 Å². The maximum atomic E-state index is 12.8. The zero-order valence-corrected chi connectivity index (χ0v) is 16.3. The minimum Gasteiger partial charge on any atom is -0.329 e. The van der Waals surface area contributed by atoms with Crippen LogP contribution in [0.5, 0.6) is 0 Å². The van der Waals surface area contributed by atoms with E-state index in [0.717, 1.165) is 30.9 Å². The summed E-state index contributed by atoms with van der Waals surface area (Å²) in [6.45, 7) is 4.96. The minimum atomic E-state index is -2.85. The molecule has 1 N–H and O–H groups in total. The Balaban J connectivity index is 1.37. The van der Waals surface area contributed by atoms with E-state index < -0.39 is 9.84 Å². The molecule has 2 fully saturated rings. The van der Waals surface area contributed by atoms with Gasteiger partial charge in [-0.15, -0.1) is 0 Å². The molecule has 1 aromatic heterocycles. The molecule has 2 aromatic rings. The van der Waals surface area contributed by atoms with Crippen LogP contribution in [0.25, 0.3) is 5.69 Å². The lowest BCUT2D eigenvalue weighted by molar-refractivity contribution is -0.925. The molecule has 27 heavy (non-hydrogen) atoms. The van der Waals surface area contributed by atoms with Gasteiger partial charge in [0.15, 0.2) is 9.84 Å². The summed E-state index contributed by atoms with van der Waals surface area (Å²) in [7, 11) is -2.85. The first-order valence-electron chi connectivity index (χ1n) is 9.38. The maximum absolute atomic E-state index is 12.8. The molecule has 7 nitrogen and oxygen atoms in total. The van der Waals surface area contributed by atoms with Gasteiger partial charge in [-0.3, -0.25) is 4.79 Å². The average molecular weight is 390 g/mol. The second-order valence-corrected chi connectivity index (χ2v) is 9.71. The van der Waals surface area contributed by atoms with E-state index in [0.29, 0.717) is 30.2 Å². The molecule has 3 heterocycles. The zero-order valence-electron chi connectivity index (χ0n) is 15.5. The number of quaternary nitrogens is 1. The van der Waals surface area contributed by atoms with Crippen molar-refractivity contribution >= 4 is 15.7 Å². The predicted octanol–water partition coefficient (Wildman–Crippen LogP) is -0.291. The molecule has 0 radical (unpaired) electrons. The highest BCUT2D eigenvalue weighted by atomic mass is 32.2. The Morgan fingerprint density at radius 3 is 2.41 bits per heavy atom. The van der Waals surface area contributed by atoms with E-state index in [-0.39, 0.29) is 11.9 Å². The molecule has 2 aliphatic rings. The highest BCUT2D eigenvalue weighted by Gasteiger charge is 2.37. The van der Waals surface area contributed by atoms with Crippen LogP contribution in [0.3, 0.4) is 0 Å². The highest BCUT2D eigenvalue weighted by molar-refractivity contribution is 7.91. The van der Waals surface area contributed by atoms with Gasteiger partial charge in [-0.25, -0.2) is 13.1 Å². The fourth-order valence-electron chi connectivity index (χ4n) is 4.09. The first-order chi connectivity index (χ1) is 12.9. The van der Waals surface area contributed by atoms with Crippen LogP contribution in [0.4, 0.5) is 0 Å². The fraction of sp³-hybridized carbons (Fsp3) is 0.474. The van der Waals surface area contributed by atoms with Gasteiger partial charge in [-0.1, -0.05) is 0 Å². The summed E-state index contributed by atoms with van der Waals surface area (Å²) >= 11 is 0. The third kappa shape index (κ3) is 3.77. The zero-order chi connectivity index (χ0) is 19.0. The molecule has 2 saturated heterocycles. The number of hydrogen-bond acceptors (Lipinski definition) is 4. The van der Waals surface area contributed by atoms with E-state index in [1.165, 1.54) is 4.90 Å². The summed E-state index contributed by atoms with van der Waals surface area (Å²) in [5.74, 6) is 0.646. The van der Waals surface area contributed by atoms with Crippen molar-refractivity contribution < 1.29 is 18.1 Å². The van der Waals surface area contributed by atoms with E-state index in [1.54, 1.807) is 6.20 Å². The molecule has 1 aromatic carbocycles. The topological polar surface area (TPSA) is 76.7 Å². The summed E-state index contributed by atoms with van der Waals surface area (Å²) in [5.41, 5.74) is 2.66. The fourth-order valence-corrected chi connectivity index (χ4v) is 5.92. The molecule has 8 heteroatoms. The largest absolute Gasteiger partial charge is 0.329 e. The average Bonchev–Trinajstić information content (AvgIpc) is 3.26. The van der Waals surface area contributed by atoms with Crippen LogP contribution in [0.1, 0.15) is 22.5 Å². The Morgan fingerprint density at radius 1 is 1.15 bits per heavy atom. The molecule has 0 bridgehead atoms. The second kappa shape index (κ2) is 7.09. The lowest BCUT2D eigenvalue weighted by Crippen LogP contribution is -3.18. The molecule has 0 saturated carbocycles. The van der Waals surface area contributed by atoms with Crippen LogP contribution in [-0.4, -0.2) is 72.7 Å². The van der Waals surface area contributed by atoms with Crippen LogP contribution >= 0.6 is 0 Å². The summed E-state index contributed by atoms with van der Waals surface area (Å²) in [6.07, 6.45) is 2.51. The molecular weight excluding hydrogens is 364 g/mol. The van der Waals surface area contributed by atoms with E-state index in [4.69, 9.17) is 0 Å². The number of benzene rings is 1. The molecule has 0 unspecified atom stereocenters. The SMILES string of the molecule is Cc1ccnn1-c1ccc(C(=O)N2CC[NH+]([C@H]3CCS(=O)(=O)C3)CC2)cc1. The molecule has 1 amide bonds. The van der Waals surface area contributed by atoms with Gasteiger partial charge in [-0.2, -0.15) is 5.10 Å². The molecule has 4 rings (SSSR count). The van der Waals surface area contributed by atoms with Crippen molar-refractivity contribution in [3.8, 4) is 5.69 Å². The molecule has 2 aliphatic heterocycles. The van der Waals surface area contributed by atoms with Crippen molar-refractivity contribution in [2.45, 2.75) is 19.4 Å². The van der Waals surface area contributed by atoms with Gasteiger partial charge in [-0.05, 0) is 37.3 Å². The number of nitrogens with one attached hydrogen (secondary N) is 1. The Bertz CT molecular complexity index is 928. The molecule has 0 spiro atoms. The highest BCUT2D eigenvalue weighted by Crippen LogP contribution is 2.14. The Labute approximate surface area is 159 Å². The van der Waals surface area contributed by atoms with E-state index >= 15 is 0 Å². The summed E-state index contributed by atoms with van der Waals surface area (Å²) in [6, 6.07) is 9.67. The number of hydrogen-bond donors (Lipinski definition) is 1. The third-order valence-electron chi connectivity index (χ3n) is 5.69. The minimum absolute atomic E-state index is 0.0387. The lowest BCUT2D eigenvalue weighted by atomic mass is 10.1. The number of rotatable bonds is 3. The van der Waals surface area contributed by atoms with Crippen LogP contribution in [0.15, 0.2) is 36.5 Å². The van der Waals surface area contributed by atoms with Gasteiger partial charge < -0.3 is 9.80 Å². The van der Waals surface area contributed by atoms with Gasteiger partial charge in [0.05, 0.1) is 37.6 Å². The monoisotopic (exact) mass is 389 g/mol. The van der Waals surface area contributed by atoms with Crippen molar-refractivity contribution in [1.29, 1.82) is 0 Å². The van der Waals surface area contributed by atoms with Gasteiger partial charge in [0.25, 0.3) is 5.91 Å². The predicted molar refractivity (Wildman–Crippen MR) is 102 cm³/mol. The Morgan fingerprint density at radius 2 is 1.85 bits per heavy atom. The summed E-state index contributed by atoms with van der Waals surface area (Å²) in [4.78, 5) is 16.0. The summed E-state index contributed by atoms with van der Waals surface area (Å²) in [5, 5.41) is 4.28. The molecular formula is C19H25N4O3S+. The van der Waals surface area contributed by atoms with Crippen LogP contribution < -0.4 is 4.90 Å². The maximum Gasteiger partial charge on any atom is 0.254 e. The quantitative estimate of drug-likeness (QED) is 0.783. The smallest absolute Gasteiger partial charge is 0.254 e. The van der Waals surface area contributed by atoms with E-state index in [1.807, 2.05) is 46.8 Å². The van der Waals surface area contributed by atoms with Gasteiger partial charge in [0, 0.05) is 23.9 Å². The number of aromatic nitrogens is 2. The lowest BCUT2D eigenvalue weighted by Gasteiger charge is -2.35. The first-order valence-corrected chi connectivity index (χ1v) is 11.2. The Hall–Kier alpha value is -2.19. The normalized spacial score (nSPS) is 22.9.